The maximum Gasteiger partial charge on any atom is 0.305 e. The molecule has 110 valence electrons. The fourth-order valence-electron chi connectivity index (χ4n) is 1.45. The van der Waals surface area contributed by atoms with Gasteiger partial charge in [0.2, 0.25) is 10.0 Å². The molecular formula is C12H14ClNO5S. The molecule has 1 aromatic rings. The lowest BCUT2D eigenvalue weighted by Gasteiger charge is -2.07. The monoisotopic (exact) mass is 319 g/mol. The number of rotatable bonds is 6. The van der Waals surface area contributed by atoms with Gasteiger partial charge in [-0.3, -0.25) is 9.59 Å². The van der Waals surface area contributed by atoms with E-state index in [1.807, 2.05) is 0 Å². The maximum absolute atomic E-state index is 11.9. The molecule has 0 radical (unpaired) electrons. The number of sulfonamides is 1. The Balaban J connectivity index is 3.01. The summed E-state index contributed by atoms with van der Waals surface area (Å²) in [7, 11) is -1.27. The Labute approximate surface area is 122 Å². The summed E-state index contributed by atoms with van der Waals surface area (Å²) >= 11 is 5.81. The standard InChI is InChI=1S/C12H14ClNO5S/c1-14-20(17,18)11-7-8(3-4-9(11)13)10(15)5-6-12(16)19-2/h3-4,7,14H,5-6H2,1-2H3. The van der Waals surface area contributed by atoms with Gasteiger partial charge in [0.1, 0.15) is 4.90 Å². The van der Waals surface area contributed by atoms with E-state index in [2.05, 4.69) is 9.46 Å². The zero-order valence-corrected chi connectivity index (χ0v) is 12.5. The Morgan fingerprint density at radius 3 is 2.50 bits per heavy atom. The summed E-state index contributed by atoms with van der Waals surface area (Å²) in [6.07, 6.45) is -0.126. The predicted octanol–water partition coefficient (Wildman–Crippen LogP) is 1.38. The van der Waals surface area contributed by atoms with E-state index in [-0.39, 0.29) is 34.1 Å². The van der Waals surface area contributed by atoms with Gasteiger partial charge in [-0.25, -0.2) is 13.1 Å². The van der Waals surface area contributed by atoms with Crippen LogP contribution in [0.25, 0.3) is 0 Å². The largest absolute Gasteiger partial charge is 0.469 e. The van der Waals surface area contributed by atoms with Crippen molar-refractivity contribution in [3.63, 3.8) is 0 Å². The molecule has 0 unspecified atom stereocenters. The van der Waals surface area contributed by atoms with Crippen LogP contribution in [0.1, 0.15) is 23.2 Å². The number of benzene rings is 1. The summed E-state index contributed by atoms with van der Waals surface area (Å²) in [4.78, 5) is 22.7. The molecule has 0 aromatic heterocycles. The first-order chi connectivity index (χ1) is 9.31. The minimum Gasteiger partial charge on any atom is -0.469 e. The van der Waals surface area contributed by atoms with Crippen molar-refractivity contribution in [2.45, 2.75) is 17.7 Å². The highest BCUT2D eigenvalue weighted by Crippen LogP contribution is 2.23. The second-order valence-electron chi connectivity index (χ2n) is 3.85. The number of halogens is 1. The van der Waals surface area contributed by atoms with E-state index < -0.39 is 16.0 Å². The number of ketones is 1. The van der Waals surface area contributed by atoms with Crippen molar-refractivity contribution in [3.8, 4) is 0 Å². The number of esters is 1. The van der Waals surface area contributed by atoms with Gasteiger partial charge in [0.05, 0.1) is 18.6 Å². The molecule has 0 fully saturated rings. The number of hydrogen-bond acceptors (Lipinski definition) is 5. The molecule has 1 aromatic carbocycles. The molecule has 0 bridgehead atoms. The Morgan fingerprint density at radius 2 is 1.95 bits per heavy atom. The highest BCUT2D eigenvalue weighted by molar-refractivity contribution is 7.89. The molecule has 1 rings (SSSR count). The Morgan fingerprint density at radius 1 is 1.30 bits per heavy atom. The van der Waals surface area contributed by atoms with Crippen LogP contribution < -0.4 is 4.72 Å². The van der Waals surface area contributed by atoms with E-state index in [0.29, 0.717) is 0 Å². The first-order valence-electron chi connectivity index (χ1n) is 5.65. The van der Waals surface area contributed by atoms with Gasteiger partial charge in [-0.1, -0.05) is 11.6 Å². The van der Waals surface area contributed by atoms with Gasteiger partial charge < -0.3 is 4.74 Å². The van der Waals surface area contributed by atoms with Crippen LogP contribution in [0.15, 0.2) is 23.1 Å². The summed E-state index contributed by atoms with van der Waals surface area (Å²) in [6, 6.07) is 3.93. The lowest BCUT2D eigenvalue weighted by Crippen LogP contribution is -2.19. The third kappa shape index (κ3) is 4.03. The average Bonchev–Trinajstić information content (AvgIpc) is 2.44. The van der Waals surface area contributed by atoms with Gasteiger partial charge in [0.25, 0.3) is 0 Å². The van der Waals surface area contributed by atoms with E-state index in [0.717, 1.165) is 0 Å². The van der Waals surface area contributed by atoms with Crippen molar-refractivity contribution in [2.75, 3.05) is 14.2 Å². The smallest absolute Gasteiger partial charge is 0.305 e. The van der Waals surface area contributed by atoms with Gasteiger partial charge in [0, 0.05) is 12.0 Å². The lowest BCUT2D eigenvalue weighted by atomic mass is 10.1. The molecule has 0 aliphatic rings. The van der Waals surface area contributed by atoms with E-state index in [1.54, 1.807) is 0 Å². The minimum atomic E-state index is -3.75. The second-order valence-corrected chi connectivity index (χ2v) is 6.11. The van der Waals surface area contributed by atoms with Crippen molar-refractivity contribution in [1.82, 2.24) is 4.72 Å². The number of hydrogen-bond donors (Lipinski definition) is 1. The van der Waals surface area contributed by atoms with Crippen molar-refractivity contribution in [1.29, 1.82) is 0 Å². The number of methoxy groups -OCH3 is 1. The first kappa shape index (κ1) is 16.6. The fourth-order valence-corrected chi connectivity index (χ4v) is 2.70. The van der Waals surface area contributed by atoms with Crippen LogP contribution in [-0.2, 0) is 19.6 Å². The van der Waals surface area contributed by atoms with E-state index in [4.69, 9.17) is 11.6 Å². The molecule has 0 heterocycles. The zero-order valence-electron chi connectivity index (χ0n) is 11.0. The molecule has 0 atom stereocenters. The Bertz CT molecular complexity index is 627. The van der Waals surface area contributed by atoms with Crippen LogP contribution in [0.5, 0.6) is 0 Å². The molecule has 0 aliphatic carbocycles. The molecule has 6 nitrogen and oxygen atoms in total. The first-order valence-corrected chi connectivity index (χ1v) is 7.51. The van der Waals surface area contributed by atoms with E-state index in [1.165, 1.54) is 32.4 Å². The molecule has 0 amide bonds. The number of carbonyl (C=O) groups is 2. The number of Topliss-reactive ketones (excluding diaryl/α,β-unsaturated/α-hetero) is 1. The molecule has 0 saturated heterocycles. The lowest BCUT2D eigenvalue weighted by molar-refractivity contribution is -0.140. The highest BCUT2D eigenvalue weighted by Gasteiger charge is 2.18. The molecular weight excluding hydrogens is 306 g/mol. The van der Waals surface area contributed by atoms with Crippen molar-refractivity contribution in [2.24, 2.45) is 0 Å². The number of ether oxygens (including phenoxy) is 1. The summed E-state index contributed by atoms with van der Waals surface area (Å²) in [6.45, 7) is 0. The molecule has 20 heavy (non-hydrogen) atoms. The third-order valence-electron chi connectivity index (χ3n) is 2.60. The minimum absolute atomic E-state index is 0.0175. The quantitative estimate of drug-likeness (QED) is 0.632. The van der Waals surface area contributed by atoms with Crippen LogP contribution in [0.3, 0.4) is 0 Å². The molecule has 0 aliphatic heterocycles. The molecule has 0 saturated carbocycles. The fraction of sp³-hybridized carbons (Fsp3) is 0.333. The summed E-state index contributed by atoms with van der Waals surface area (Å²) < 4.78 is 30.0. The van der Waals surface area contributed by atoms with Crippen molar-refractivity contribution in [3.05, 3.63) is 28.8 Å². The van der Waals surface area contributed by atoms with Crippen molar-refractivity contribution >= 4 is 33.4 Å². The van der Waals surface area contributed by atoms with Gasteiger partial charge in [-0.05, 0) is 25.2 Å². The number of carbonyl (C=O) groups excluding carboxylic acids is 2. The highest BCUT2D eigenvalue weighted by atomic mass is 35.5. The topological polar surface area (TPSA) is 89.5 Å². The van der Waals surface area contributed by atoms with Gasteiger partial charge in [0.15, 0.2) is 5.78 Å². The van der Waals surface area contributed by atoms with Gasteiger partial charge in [-0.15, -0.1) is 0 Å². The van der Waals surface area contributed by atoms with Crippen LogP contribution in [0.2, 0.25) is 5.02 Å². The SMILES string of the molecule is CNS(=O)(=O)c1cc(C(=O)CCC(=O)OC)ccc1Cl. The van der Waals surface area contributed by atoms with Crippen molar-refractivity contribution < 1.29 is 22.7 Å². The van der Waals surface area contributed by atoms with Crippen LogP contribution in [0.4, 0.5) is 0 Å². The summed E-state index contributed by atoms with van der Waals surface area (Å²) in [5, 5.41) is 0.0175. The third-order valence-corrected chi connectivity index (χ3v) is 4.49. The number of nitrogens with one attached hydrogen (secondary N) is 1. The molecule has 0 spiro atoms. The van der Waals surface area contributed by atoms with E-state index in [9.17, 15) is 18.0 Å². The Kier molecular flexibility index (Phi) is 5.67. The second kappa shape index (κ2) is 6.83. The summed E-state index contributed by atoms with van der Waals surface area (Å²) in [5.74, 6) is -0.866. The van der Waals surface area contributed by atoms with Crippen LogP contribution in [-0.4, -0.2) is 34.3 Å². The normalized spacial score (nSPS) is 11.2. The van der Waals surface area contributed by atoms with Crippen LogP contribution in [0, 0.1) is 0 Å². The van der Waals surface area contributed by atoms with Crippen LogP contribution >= 0.6 is 11.6 Å². The molecule has 1 N–H and O–H groups in total. The van der Waals surface area contributed by atoms with Gasteiger partial charge >= 0.3 is 5.97 Å². The average molecular weight is 320 g/mol. The van der Waals surface area contributed by atoms with E-state index >= 15 is 0 Å². The summed E-state index contributed by atoms with van der Waals surface area (Å²) in [5.41, 5.74) is 0.173. The zero-order chi connectivity index (χ0) is 15.3. The van der Waals surface area contributed by atoms with Gasteiger partial charge in [-0.2, -0.15) is 0 Å². The maximum atomic E-state index is 11.9. The Hall–Kier alpha value is -1.44. The predicted molar refractivity (Wildman–Crippen MR) is 73.3 cm³/mol. The molecule has 8 heteroatoms.